The summed E-state index contributed by atoms with van der Waals surface area (Å²) in [4.78, 5) is 26.3. The number of nitrogens with one attached hydrogen (secondary N) is 1. The topological polar surface area (TPSA) is 73.9 Å². The number of carbonyl (C=O) groups is 2. The SMILES string of the molecule is COC(=O)c1c(NC(=O)c2ccc(C)c(C)c2)sc(Cc2ccc3c(c2)OCO3)c1C. The van der Waals surface area contributed by atoms with Gasteiger partial charge < -0.3 is 19.5 Å². The number of carbonyl (C=O) groups excluding carboxylic acids is 2. The minimum absolute atomic E-state index is 0.220. The van der Waals surface area contributed by atoms with Gasteiger partial charge in [0.1, 0.15) is 5.00 Å². The zero-order valence-corrected chi connectivity index (χ0v) is 18.6. The lowest BCUT2D eigenvalue weighted by Crippen LogP contribution is -2.14. The van der Waals surface area contributed by atoms with Gasteiger partial charge in [0.05, 0.1) is 12.7 Å². The van der Waals surface area contributed by atoms with Gasteiger partial charge in [0.2, 0.25) is 6.79 Å². The van der Waals surface area contributed by atoms with Gasteiger partial charge in [-0.05, 0) is 67.3 Å². The summed E-state index contributed by atoms with van der Waals surface area (Å²) in [6.45, 7) is 6.05. The fraction of sp³-hybridized carbons (Fsp3) is 0.250. The molecule has 4 rings (SSSR count). The van der Waals surface area contributed by atoms with E-state index in [1.807, 2.05) is 51.1 Å². The van der Waals surface area contributed by atoms with E-state index in [1.165, 1.54) is 18.4 Å². The van der Waals surface area contributed by atoms with Crippen LogP contribution in [0.3, 0.4) is 0 Å². The Kier molecular flexibility index (Phi) is 5.69. The van der Waals surface area contributed by atoms with Gasteiger partial charge >= 0.3 is 5.97 Å². The number of rotatable bonds is 5. The maximum Gasteiger partial charge on any atom is 0.341 e. The lowest BCUT2D eigenvalue weighted by atomic mass is 10.0. The molecule has 0 saturated heterocycles. The highest BCUT2D eigenvalue weighted by molar-refractivity contribution is 7.17. The van der Waals surface area contributed by atoms with Crippen LogP contribution in [-0.4, -0.2) is 25.8 Å². The predicted molar refractivity (Wildman–Crippen MR) is 120 cm³/mol. The van der Waals surface area contributed by atoms with Crippen LogP contribution >= 0.6 is 11.3 Å². The molecule has 1 aromatic heterocycles. The fourth-order valence-corrected chi connectivity index (χ4v) is 4.68. The number of anilines is 1. The molecule has 0 radical (unpaired) electrons. The van der Waals surface area contributed by atoms with E-state index in [9.17, 15) is 9.59 Å². The van der Waals surface area contributed by atoms with Gasteiger partial charge in [-0.25, -0.2) is 4.79 Å². The zero-order valence-electron chi connectivity index (χ0n) is 17.8. The Labute approximate surface area is 184 Å². The Balaban J connectivity index is 1.64. The van der Waals surface area contributed by atoms with Crippen LogP contribution in [0.15, 0.2) is 36.4 Å². The summed E-state index contributed by atoms with van der Waals surface area (Å²) in [6.07, 6.45) is 0.594. The maximum atomic E-state index is 12.9. The number of hydrogen-bond donors (Lipinski definition) is 1. The molecule has 7 heteroatoms. The summed E-state index contributed by atoms with van der Waals surface area (Å²) in [5.41, 5.74) is 4.90. The van der Waals surface area contributed by atoms with E-state index >= 15 is 0 Å². The molecule has 1 aliphatic rings. The van der Waals surface area contributed by atoms with E-state index in [4.69, 9.17) is 14.2 Å². The van der Waals surface area contributed by atoms with Crippen LogP contribution in [0.5, 0.6) is 11.5 Å². The van der Waals surface area contributed by atoms with Crippen LogP contribution in [0.1, 0.15) is 47.8 Å². The van der Waals surface area contributed by atoms with E-state index in [-0.39, 0.29) is 12.7 Å². The fourth-order valence-electron chi connectivity index (χ4n) is 3.46. The molecule has 0 fully saturated rings. The average Bonchev–Trinajstić information content (AvgIpc) is 3.33. The number of methoxy groups -OCH3 is 1. The number of benzene rings is 2. The first-order valence-corrected chi connectivity index (χ1v) is 10.7. The number of hydrogen-bond acceptors (Lipinski definition) is 6. The van der Waals surface area contributed by atoms with E-state index in [0.29, 0.717) is 28.3 Å². The number of fused-ring (bicyclic) bond motifs is 1. The summed E-state index contributed by atoms with van der Waals surface area (Å²) in [7, 11) is 1.34. The molecule has 2 heterocycles. The molecule has 0 bridgehead atoms. The molecule has 1 N–H and O–H groups in total. The summed E-state index contributed by atoms with van der Waals surface area (Å²) in [5.74, 6) is 0.705. The summed E-state index contributed by atoms with van der Waals surface area (Å²) >= 11 is 1.38. The van der Waals surface area contributed by atoms with Crippen molar-refractivity contribution in [2.24, 2.45) is 0 Å². The Hall–Kier alpha value is -3.32. The van der Waals surface area contributed by atoms with Gasteiger partial charge in [-0.15, -0.1) is 11.3 Å². The molecule has 1 amide bonds. The lowest BCUT2D eigenvalue weighted by Gasteiger charge is -2.08. The number of thiophene rings is 1. The summed E-state index contributed by atoms with van der Waals surface area (Å²) < 4.78 is 15.8. The summed E-state index contributed by atoms with van der Waals surface area (Å²) in [6, 6.07) is 11.3. The van der Waals surface area contributed by atoms with Gasteiger partial charge in [-0.2, -0.15) is 0 Å². The van der Waals surface area contributed by atoms with Crippen molar-refractivity contribution in [3.63, 3.8) is 0 Å². The van der Waals surface area contributed by atoms with Gasteiger partial charge in [0, 0.05) is 16.9 Å². The lowest BCUT2D eigenvalue weighted by molar-refractivity contribution is 0.0601. The molecule has 0 aliphatic carbocycles. The van der Waals surface area contributed by atoms with Crippen molar-refractivity contribution in [3.8, 4) is 11.5 Å². The minimum atomic E-state index is -0.471. The predicted octanol–water partition coefficient (Wildman–Crippen LogP) is 5.03. The van der Waals surface area contributed by atoms with Gasteiger partial charge in [-0.1, -0.05) is 12.1 Å². The van der Waals surface area contributed by atoms with Crippen molar-refractivity contribution in [2.45, 2.75) is 27.2 Å². The van der Waals surface area contributed by atoms with Crippen molar-refractivity contribution < 1.29 is 23.8 Å². The normalized spacial score (nSPS) is 12.0. The monoisotopic (exact) mass is 437 g/mol. The first-order chi connectivity index (χ1) is 14.9. The van der Waals surface area contributed by atoms with Gasteiger partial charge in [0.25, 0.3) is 5.91 Å². The molecule has 0 atom stereocenters. The minimum Gasteiger partial charge on any atom is -0.465 e. The average molecular weight is 438 g/mol. The molecule has 2 aromatic carbocycles. The highest BCUT2D eigenvalue weighted by atomic mass is 32.1. The molecule has 0 spiro atoms. The van der Waals surface area contributed by atoms with E-state index in [0.717, 1.165) is 32.9 Å². The Morgan fingerprint density at radius 1 is 1.03 bits per heavy atom. The maximum absolute atomic E-state index is 12.9. The van der Waals surface area contributed by atoms with Crippen molar-refractivity contribution in [3.05, 3.63) is 74.7 Å². The second kappa shape index (κ2) is 8.43. The molecule has 31 heavy (non-hydrogen) atoms. The van der Waals surface area contributed by atoms with Crippen LogP contribution < -0.4 is 14.8 Å². The first kappa shape index (κ1) is 20.9. The highest BCUT2D eigenvalue weighted by Crippen LogP contribution is 2.38. The number of aryl methyl sites for hydroxylation is 2. The van der Waals surface area contributed by atoms with Crippen molar-refractivity contribution in [1.29, 1.82) is 0 Å². The first-order valence-electron chi connectivity index (χ1n) is 9.85. The molecule has 0 saturated carbocycles. The standard InChI is InChI=1S/C24H23NO5S/c1-13-5-7-17(9-14(13)2)22(26)25-23-21(24(27)28-4)15(3)20(31-23)11-16-6-8-18-19(10-16)30-12-29-18/h5-10H,11-12H2,1-4H3,(H,25,26). The van der Waals surface area contributed by atoms with E-state index < -0.39 is 5.97 Å². The molecular weight excluding hydrogens is 414 g/mol. The number of amides is 1. The van der Waals surface area contributed by atoms with Crippen LogP contribution in [0.2, 0.25) is 0 Å². The Morgan fingerprint density at radius 2 is 1.81 bits per heavy atom. The van der Waals surface area contributed by atoms with Gasteiger partial charge in [-0.3, -0.25) is 4.79 Å². The third-order valence-electron chi connectivity index (χ3n) is 5.43. The molecule has 6 nitrogen and oxygen atoms in total. The zero-order chi connectivity index (χ0) is 22.1. The number of esters is 1. The highest BCUT2D eigenvalue weighted by Gasteiger charge is 2.24. The second-order valence-electron chi connectivity index (χ2n) is 7.46. The Bertz CT molecular complexity index is 1180. The number of ether oxygens (including phenoxy) is 3. The van der Waals surface area contributed by atoms with Crippen LogP contribution in [0, 0.1) is 20.8 Å². The van der Waals surface area contributed by atoms with Crippen LogP contribution in [0.25, 0.3) is 0 Å². The van der Waals surface area contributed by atoms with Crippen LogP contribution in [-0.2, 0) is 11.2 Å². The largest absolute Gasteiger partial charge is 0.465 e. The van der Waals surface area contributed by atoms with Crippen LogP contribution in [0.4, 0.5) is 5.00 Å². The molecule has 0 unspecified atom stereocenters. The molecular formula is C24H23NO5S. The third-order valence-corrected chi connectivity index (χ3v) is 6.64. The van der Waals surface area contributed by atoms with E-state index in [2.05, 4.69) is 5.32 Å². The van der Waals surface area contributed by atoms with Crippen molar-refractivity contribution in [2.75, 3.05) is 19.2 Å². The summed E-state index contributed by atoms with van der Waals surface area (Å²) in [5, 5.41) is 3.40. The Morgan fingerprint density at radius 3 is 2.55 bits per heavy atom. The molecule has 3 aromatic rings. The smallest absolute Gasteiger partial charge is 0.341 e. The molecule has 160 valence electrons. The van der Waals surface area contributed by atoms with Gasteiger partial charge in [0.15, 0.2) is 11.5 Å². The molecule has 1 aliphatic heterocycles. The third kappa shape index (κ3) is 4.14. The van der Waals surface area contributed by atoms with Crippen molar-refractivity contribution >= 4 is 28.2 Å². The van der Waals surface area contributed by atoms with E-state index in [1.54, 1.807) is 6.07 Å². The van der Waals surface area contributed by atoms with Crippen molar-refractivity contribution in [1.82, 2.24) is 0 Å². The second-order valence-corrected chi connectivity index (χ2v) is 8.57. The quantitative estimate of drug-likeness (QED) is 0.567.